The van der Waals surface area contributed by atoms with Crippen molar-refractivity contribution in [2.24, 2.45) is 0 Å². The van der Waals surface area contributed by atoms with Gasteiger partial charge in [-0.05, 0) is 25.1 Å². The number of halogens is 1. The van der Waals surface area contributed by atoms with Crippen LogP contribution in [-0.4, -0.2) is 41.6 Å². The molecule has 1 atom stereocenters. The van der Waals surface area contributed by atoms with Gasteiger partial charge in [0, 0.05) is 30.1 Å². The van der Waals surface area contributed by atoms with Crippen LogP contribution in [0.3, 0.4) is 0 Å². The molecular formula is C12H15BrN2O2. The van der Waals surface area contributed by atoms with E-state index >= 15 is 0 Å². The Balaban J connectivity index is 2.24. The first kappa shape index (κ1) is 12.4. The molecule has 1 saturated heterocycles. The van der Waals surface area contributed by atoms with Gasteiger partial charge >= 0.3 is 0 Å². The van der Waals surface area contributed by atoms with Gasteiger partial charge in [-0.15, -0.1) is 0 Å². The van der Waals surface area contributed by atoms with E-state index in [9.17, 15) is 9.90 Å². The molecule has 0 bridgehead atoms. The fourth-order valence-corrected chi connectivity index (χ4v) is 2.33. The Kier molecular flexibility index (Phi) is 3.69. The largest absolute Gasteiger partial charge is 0.507 e. The number of piperazine rings is 1. The van der Waals surface area contributed by atoms with Crippen molar-refractivity contribution in [2.45, 2.75) is 13.0 Å². The van der Waals surface area contributed by atoms with Crippen molar-refractivity contribution in [3.8, 4) is 5.75 Å². The van der Waals surface area contributed by atoms with Crippen molar-refractivity contribution in [2.75, 3.05) is 19.6 Å². The van der Waals surface area contributed by atoms with Gasteiger partial charge in [-0.1, -0.05) is 15.9 Å². The van der Waals surface area contributed by atoms with Crippen LogP contribution in [0.2, 0.25) is 0 Å². The molecule has 1 heterocycles. The maximum atomic E-state index is 12.3. The van der Waals surface area contributed by atoms with E-state index in [0.717, 1.165) is 17.6 Å². The Hall–Kier alpha value is -1.07. The summed E-state index contributed by atoms with van der Waals surface area (Å²) in [6, 6.07) is 5.11. The molecule has 1 aromatic carbocycles. The zero-order chi connectivity index (χ0) is 12.4. The van der Waals surface area contributed by atoms with Crippen LogP contribution < -0.4 is 5.32 Å². The number of nitrogens with one attached hydrogen (secondary N) is 1. The first-order valence-corrected chi connectivity index (χ1v) is 6.39. The number of nitrogens with zero attached hydrogens (tertiary/aromatic N) is 1. The minimum absolute atomic E-state index is 0.0232. The van der Waals surface area contributed by atoms with E-state index in [2.05, 4.69) is 21.2 Å². The number of benzene rings is 1. The SMILES string of the molecule is CC1CNCCN1C(=O)c1ccc(Br)cc1O. The topological polar surface area (TPSA) is 52.6 Å². The number of phenols is 1. The summed E-state index contributed by atoms with van der Waals surface area (Å²) in [6.07, 6.45) is 0. The molecule has 1 aromatic rings. The fourth-order valence-electron chi connectivity index (χ4n) is 1.98. The minimum Gasteiger partial charge on any atom is -0.507 e. The molecule has 1 unspecified atom stereocenters. The molecular weight excluding hydrogens is 284 g/mol. The smallest absolute Gasteiger partial charge is 0.257 e. The highest BCUT2D eigenvalue weighted by Gasteiger charge is 2.25. The van der Waals surface area contributed by atoms with Crippen molar-refractivity contribution in [1.82, 2.24) is 10.2 Å². The molecule has 2 rings (SSSR count). The third-order valence-electron chi connectivity index (χ3n) is 2.95. The third kappa shape index (κ3) is 2.61. The van der Waals surface area contributed by atoms with Crippen LogP contribution in [0.25, 0.3) is 0 Å². The van der Waals surface area contributed by atoms with Crippen LogP contribution in [0.15, 0.2) is 22.7 Å². The number of aromatic hydroxyl groups is 1. The second-order valence-electron chi connectivity index (χ2n) is 4.21. The molecule has 0 saturated carbocycles. The molecule has 0 aromatic heterocycles. The van der Waals surface area contributed by atoms with E-state index in [1.54, 1.807) is 23.1 Å². The normalized spacial score (nSPS) is 20.4. The molecule has 0 radical (unpaired) electrons. The van der Waals surface area contributed by atoms with Crippen LogP contribution in [0.4, 0.5) is 0 Å². The molecule has 5 heteroatoms. The molecule has 92 valence electrons. The molecule has 1 aliphatic heterocycles. The average Bonchev–Trinajstić information content (AvgIpc) is 2.29. The second-order valence-corrected chi connectivity index (χ2v) is 5.13. The van der Waals surface area contributed by atoms with Gasteiger partial charge in [0.2, 0.25) is 0 Å². The first-order chi connectivity index (χ1) is 8.09. The summed E-state index contributed by atoms with van der Waals surface area (Å²) < 4.78 is 0.764. The second kappa shape index (κ2) is 5.06. The van der Waals surface area contributed by atoms with E-state index < -0.39 is 0 Å². The van der Waals surface area contributed by atoms with Crippen molar-refractivity contribution < 1.29 is 9.90 Å². The van der Waals surface area contributed by atoms with E-state index in [1.807, 2.05) is 6.92 Å². The lowest BCUT2D eigenvalue weighted by Gasteiger charge is -2.34. The molecule has 2 N–H and O–H groups in total. The van der Waals surface area contributed by atoms with Gasteiger partial charge in [-0.25, -0.2) is 0 Å². The zero-order valence-electron chi connectivity index (χ0n) is 9.61. The summed E-state index contributed by atoms with van der Waals surface area (Å²) in [5.74, 6) is -0.0842. The Morgan fingerprint density at radius 1 is 1.59 bits per heavy atom. The lowest BCUT2D eigenvalue weighted by Crippen LogP contribution is -2.52. The summed E-state index contributed by atoms with van der Waals surface area (Å²) in [7, 11) is 0. The van der Waals surface area contributed by atoms with Gasteiger partial charge in [-0.3, -0.25) is 4.79 Å². The van der Waals surface area contributed by atoms with Crippen LogP contribution in [0.1, 0.15) is 17.3 Å². The number of hydrogen-bond acceptors (Lipinski definition) is 3. The summed E-state index contributed by atoms with van der Waals surface area (Å²) in [6.45, 7) is 4.27. The standard InChI is InChI=1S/C12H15BrN2O2/c1-8-7-14-4-5-15(8)12(17)10-3-2-9(13)6-11(10)16/h2-3,6,8,14,16H,4-5,7H2,1H3. The lowest BCUT2D eigenvalue weighted by atomic mass is 10.1. The molecule has 0 aliphatic carbocycles. The first-order valence-electron chi connectivity index (χ1n) is 5.60. The van der Waals surface area contributed by atoms with Gasteiger partial charge < -0.3 is 15.3 Å². The van der Waals surface area contributed by atoms with E-state index in [1.165, 1.54) is 0 Å². The highest BCUT2D eigenvalue weighted by molar-refractivity contribution is 9.10. The maximum absolute atomic E-state index is 12.3. The van der Waals surface area contributed by atoms with Crippen molar-refractivity contribution in [3.63, 3.8) is 0 Å². The molecule has 0 spiro atoms. The summed E-state index contributed by atoms with van der Waals surface area (Å²) in [5, 5.41) is 13.0. The number of carbonyl (C=O) groups excluding carboxylic acids is 1. The van der Waals surface area contributed by atoms with E-state index in [4.69, 9.17) is 0 Å². The predicted molar refractivity (Wildman–Crippen MR) is 69.2 cm³/mol. The van der Waals surface area contributed by atoms with Crippen LogP contribution >= 0.6 is 15.9 Å². The zero-order valence-corrected chi connectivity index (χ0v) is 11.2. The van der Waals surface area contributed by atoms with Gasteiger partial charge in [0.1, 0.15) is 5.75 Å². The highest BCUT2D eigenvalue weighted by atomic mass is 79.9. The van der Waals surface area contributed by atoms with Crippen molar-refractivity contribution >= 4 is 21.8 Å². The highest BCUT2D eigenvalue weighted by Crippen LogP contribution is 2.24. The van der Waals surface area contributed by atoms with Crippen LogP contribution in [-0.2, 0) is 0 Å². The van der Waals surface area contributed by atoms with E-state index in [-0.39, 0.29) is 17.7 Å². The molecule has 4 nitrogen and oxygen atoms in total. The maximum Gasteiger partial charge on any atom is 0.257 e. The Morgan fingerprint density at radius 3 is 3.00 bits per heavy atom. The summed E-state index contributed by atoms with van der Waals surface area (Å²) in [4.78, 5) is 14.1. The van der Waals surface area contributed by atoms with Crippen LogP contribution in [0, 0.1) is 0 Å². The number of rotatable bonds is 1. The van der Waals surface area contributed by atoms with Gasteiger partial charge in [-0.2, -0.15) is 0 Å². The van der Waals surface area contributed by atoms with Crippen molar-refractivity contribution in [1.29, 1.82) is 0 Å². The fraction of sp³-hybridized carbons (Fsp3) is 0.417. The summed E-state index contributed by atoms with van der Waals surface area (Å²) >= 11 is 3.26. The number of carbonyl (C=O) groups is 1. The summed E-state index contributed by atoms with van der Waals surface area (Å²) in [5.41, 5.74) is 0.363. The number of hydrogen-bond donors (Lipinski definition) is 2. The van der Waals surface area contributed by atoms with Crippen LogP contribution in [0.5, 0.6) is 5.75 Å². The molecule has 1 fully saturated rings. The van der Waals surface area contributed by atoms with Crippen molar-refractivity contribution in [3.05, 3.63) is 28.2 Å². The Labute approximate surface area is 109 Å². The van der Waals surface area contributed by atoms with Gasteiger partial charge in [0.15, 0.2) is 0 Å². The third-order valence-corrected chi connectivity index (χ3v) is 3.45. The quantitative estimate of drug-likeness (QED) is 0.828. The molecule has 17 heavy (non-hydrogen) atoms. The monoisotopic (exact) mass is 298 g/mol. The molecule has 1 aliphatic rings. The molecule has 1 amide bonds. The Bertz CT molecular complexity index is 437. The average molecular weight is 299 g/mol. The minimum atomic E-state index is -0.107. The van der Waals surface area contributed by atoms with Gasteiger partial charge in [0.25, 0.3) is 5.91 Å². The van der Waals surface area contributed by atoms with Gasteiger partial charge in [0.05, 0.1) is 5.56 Å². The van der Waals surface area contributed by atoms with E-state index in [0.29, 0.717) is 12.1 Å². The Morgan fingerprint density at radius 2 is 2.35 bits per heavy atom. The lowest BCUT2D eigenvalue weighted by molar-refractivity contribution is 0.0652. The number of phenolic OH excluding ortho intramolecular Hbond substituents is 1. The number of amides is 1. The predicted octanol–water partition coefficient (Wildman–Crippen LogP) is 1.59.